The van der Waals surface area contributed by atoms with Crippen molar-refractivity contribution in [2.24, 2.45) is 7.05 Å². The molecule has 2 aromatic rings. The molecule has 2 heterocycles. The fourth-order valence-corrected chi connectivity index (χ4v) is 1.72. The van der Waals surface area contributed by atoms with Crippen molar-refractivity contribution in [3.63, 3.8) is 0 Å². The summed E-state index contributed by atoms with van der Waals surface area (Å²) in [6, 6.07) is 3.51. The highest BCUT2D eigenvalue weighted by atomic mass is 16.1. The van der Waals surface area contributed by atoms with Crippen molar-refractivity contribution >= 4 is 12.1 Å². The van der Waals surface area contributed by atoms with Crippen LogP contribution in [-0.2, 0) is 13.6 Å². The maximum atomic E-state index is 10.9. The van der Waals surface area contributed by atoms with Gasteiger partial charge in [0, 0.05) is 38.6 Å². The lowest BCUT2D eigenvalue weighted by Gasteiger charge is -2.18. The zero-order chi connectivity index (χ0) is 12.3. The van der Waals surface area contributed by atoms with Crippen LogP contribution in [0.2, 0.25) is 0 Å². The van der Waals surface area contributed by atoms with Gasteiger partial charge in [0.2, 0.25) is 0 Å². The minimum atomic E-state index is 0.596. The van der Waals surface area contributed by atoms with Crippen molar-refractivity contribution < 1.29 is 4.79 Å². The molecule has 5 heteroatoms. The van der Waals surface area contributed by atoms with E-state index in [1.807, 2.05) is 25.2 Å². The molecule has 0 radical (unpaired) electrons. The third-order valence-electron chi connectivity index (χ3n) is 2.48. The van der Waals surface area contributed by atoms with Crippen molar-refractivity contribution in [1.29, 1.82) is 0 Å². The molecule has 0 amide bonds. The number of aryl methyl sites for hydroxylation is 1. The number of nitrogens with zero attached hydrogens (tertiary/aromatic N) is 4. The fraction of sp³-hybridized carbons (Fsp3) is 0.250. The lowest BCUT2D eigenvalue weighted by Crippen LogP contribution is -2.19. The first kappa shape index (κ1) is 11.3. The van der Waals surface area contributed by atoms with Gasteiger partial charge in [0.15, 0.2) is 6.29 Å². The molecule has 88 valence electrons. The Morgan fingerprint density at radius 2 is 2.35 bits per heavy atom. The van der Waals surface area contributed by atoms with Gasteiger partial charge in [-0.25, -0.2) is 4.98 Å². The molecule has 0 N–H and O–H groups in total. The number of carbonyl (C=O) groups is 1. The average molecular weight is 230 g/mol. The van der Waals surface area contributed by atoms with E-state index in [1.54, 1.807) is 29.2 Å². The number of hydrogen-bond donors (Lipinski definition) is 0. The Kier molecular flexibility index (Phi) is 3.18. The molecule has 0 aliphatic rings. The molecule has 0 bridgehead atoms. The molecule has 0 unspecified atom stereocenters. The van der Waals surface area contributed by atoms with Gasteiger partial charge in [-0.1, -0.05) is 0 Å². The van der Waals surface area contributed by atoms with E-state index in [0.29, 0.717) is 17.9 Å². The fourth-order valence-electron chi connectivity index (χ4n) is 1.72. The molecule has 5 nitrogen and oxygen atoms in total. The molecule has 0 saturated carbocycles. The van der Waals surface area contributed by atoms with Crippen LogP contribution in [-0.4, -0.2) is 28.1 Å². The minimum absolute atomic E-state index is 0.596. The van der Waals surface area contributed by atoms with Crippen LogP contribution in [0.25, 0.3) is 0 Å². The van der Waals surface area contributed by atoms with Crippen LogP contribution in [0.5, 0.6) is 0 Å². The molecule has 0 aliphatic carbocycles. The predicted molar refractivity (Wildman–Crippen MR) is 64.9 cm³/mol. The molecular formula is C12H14N4O. The van der Waals surface area contributed by atoms with Crippen LogP contribution in [0.3, 0.4) is 0 Å². The van der Waals surface area contributed by atoms with Gasteiger partial charge in [0.05, 0.1) is 11.8 Å². The van der Waals surface area contributed by atoms with E-state index in [-0.39, 0.29) is 0 Å². The minimum Gasteiger partial charge on any atom is -0.355 e. The molecule has 17 heavy (non-hydrogen) atoms. The van der Waals surface area contributed by atoms with Gasteiger partial charge in [-0.05, 0) is 12.1 Å². The molecule has 2 aromatic heterocycles. The summed E-state index contributed by atoms with van der Waals surface area (Å²) in [6.45, 7) is 0.672. The van der Waals surface area contributed by atoms with Gasteiger partial charge in [-0.2, -0.15) is 5.10 Å². The number of carbonyl (C=O) groups excluding carboxylic acids is 1. The Hall–Kier alpha value is -2.17. The van der Waals surface area contributed by atoms with E-state index < -0.39 is 0 Å². The Labute approximate surface area is 99.7 Å². The summed E-state index contributed by atoms with van der Waals surface area (Å²) < 4.78 is 1.75. The van der Waals surface area contributed by atoms with Crippen molar-refractivity contribution in [2.75, 3.05) is 11.9 Å². The third-order valence-corrected chi connectivity index (χ3v) is 2.48. The van der Waals surface area contributed by atoms with Gasteiger partial charge in [0.1, 0.15) is 5.82 Å². The molecule has 0 saturated heterocycles. The van der Waals surface area contributed by atoms with Crippen molar-refractivity contribution in [3.8, 4) is 0 Å². The van der Waals surface area contributed by atoms with Crippen LogP contribution in [0.1, 0.15) is 15.9 Å². The van der Waals surface area contributed by atoms with Gasteiger partial charge in [-0.3, -0.25) is 9.48 Å². The summed E-state index contributed by atoms with van der Waals surface area (Å²) in [5.74, 6) is 0.686. The highest BCUT2D eigenvalue weighted by molar-refractivity contribution is 5.82. The lowest BCUT2D eigenvalue weighted by molar-refractivity contribution is 0.112. The Balaban J connectivity index is 2.19. The highest BCUT2D eigenvalue weighted by Gasteiger charge is 2.09. The largest absolute Gasteiger partial charge is 0.355 e. The third kappa shape index (κ3) is 2.50. The Morgan fingerprint density at radius 1 is 1.53 bits per heavy atom. The zero-order valence-corrected chi connectivity index (χ0v) is 9.87. The summed E-state index contributed by atoms with van der Waals surface area (Å²) >= 11 is 0. The van der Waals surface area contributed by atoms with E-state index in [2.05, 4.69) is 10.1 Å². The summed E-state index contributed by atoms with van der Waals surface area (Å²) in [6.07, 6.45) is 6.25. The highest BCUT2D eigenvalue weighted by Crippen LogP contribution is 2.15. The summed E-state index contributed by atoms with van der Waals surface area (Å²) in [5.41, 5.74) is 1.68. The Bertz CT molecular complexity index is 521. The topological polar surface area (TPSA) is 51.0 Å². The predicted octanol–water partition coefficient (Wildman–Crippen LogP) is 1.26. The van der Waals surface area contributed by atoms with E-state index in [1.165, 1.54) is 0 Å². The molecule has 0 atom stereocenters. The zero-order valence-electron chi connectivity index (χ0n) is 9.87. The summed E-state index contributed by atoms with van der Waals surface area (Å²) in [7, 11) is 3.78. The molecule has 2 rings (SSSR count). The normalized spacial score (nSPS) is 10.2. The van der Waals surface area contributed by atoms with E-state index in [9.17, 15) is 4.79 Å². The van der Waals surface area contributed by atoms with Crippen LogP contribution < -0.4 is 4.90 Å². The van der Waals surface area contributed by atoms with Crippen molar-refractivity contribution in [3.05, 3.63) is 41.9 Å². The number of hydrogen-bond acceptors (Lipinski definition) is 4. The summed E-state index contributed by atoms with van der Waals surface area (Å²) in [5, 5.41) is 4.11. The van der Waals surface area contributed by atoms with Crippen LogP contribution >= 0.6 is 0 Å². The van der Waals surface area contributed by atoms with Crippen molar-refractivity contribution in [2.45, 2.75) is 6.54 Å². The first-order valence-corrected chi connectivity index (χ1v) is 5.29. The second-order valence-electron chi connectivity index (χ2n) is 3.91. The van der Waals surface area contributed by atoms with Crippen molar-refractivity contribution in [1.82, 2.24) is 14.8 Å². The van der Waals surface area contributed by atoms with Gasteiger partial charge in [-0.15, -0.1) is 0 Å². The van der Waals surface area contributed by atoms with Gasteiger partial charge < -0.3 is 4.90 Å². The summed E-state index contributed by atoms with van der Waals surface area (Å²) in [4.78, 5) is 17.1. The number of aromatic nitrogens is 3. The van der Waals surface area contributed by atoms with Crippen LogP contribution in [0.4, 0.5) is 5.82 Å². The monoisotopic (exact) mass is 230 g/mol. The van der Waals surface area contributed by atoms with Gasteiger partial charge >= 0.3 is 0 Å². The van der Waals surface area contributed by atoms with Gasteiger partial charge in [0.25, 0.3) is 0 Å². The van der Waals surface area contributed by atoms with E-state index in [0.717, 1.165) is 11.8 Å². The SMILES string of the molecule is CN(Cc1cnn(C)c1)c1ncccc1C=O. The molecule has 0 fully saturated rings. The van der Waals surface area contributed by atoms with E-state index >= 15 is 0 Å². The molecule has 0 aliphatic heterocycles. The number of rotatable bonds is 4. The van der Waals surface area contributed by atoms with Crippen LogP contribution in [0.15, 0.2) is 30.7 Å². The first-order chi connectivity index (χ1) is 8.20. The van der Waals surface area contributed by atoms with Crippen LogP contribution in [0, 0.1) is 0 Å². The average Bonchev–Trinajstić information content (AvgIpc) is 2.74. The number of anilines is 1. The standard InChI is InChI=1S/C12H14N4O/c1-15(7-10-6-14-16(2)8-10)12-11(9-17)4-3-5-13-12/h3-6,8-9H,7H2,1-2H3. The number of aldehydes is 1. The maximum Gasteiger partial charge on any atom is 0.153 e. The first-order valence-electron chi connectivity index (χ1n) is 5.29. The smallest absolute Gasteiger partial charge is 0.153 e. The number of pyridine rings is 1. The molecule has 0 aromatic carbocycles. The molecular weight excluding hydrogens is 216 g/mol. The second kappa shape index (κ2) is 4.78. The second-order valence-corrected chi connectivity index (χ2v) is 3.91. The van der Waals surface area contributed by atoms with E-state index in [4.69, 9.17) is 0 Å². The molecule has 0 spiro atoms. The maximum absolute atomic E-state index is 10.9. The quantitative estimate of drug-likeness (QED) is 0.742. The lowest BCUT2D eigenvalue weighted by atomic mass is 10.2. The Morgan fingerprint density at radius 3 is 3.00 bits per heavy atom.